The van der Waals surface area contributed by atoms with Gasteiger partial charge in [0.25, 0.3) is 0 Å². The summed E-state index contributed by atoms with van der Waals surface area (Å²) in [6.45, 7) is 5.91. The number of benzene rings is 2. The molecule has 1 atom stereocenters. The maximum atomic E-state index is 14.3. The van der Waals surface area contributed by atoms with Crippen molar-refractivity contribution in [2.24, 2.45) is 0 Å². The van der Waals surface area contributed by atoms with Crippen molar-refractivity contribution in [2.75, 3.05) is 14.2 Å². The second-order valence-corrected chi connectivity index (χ2v) is 5.43. The van der Waals surface area contributed by atoms with Gasteiger partial charge in [0, 0.05) is 5.56 Å². The average molecular weight is 287 g/mol. The first-order valence-electron chi connectivity index (χ1n) is 7.06. The van der Waals surface area contributed by atoms with E-state index >= 15 is 0 Å². The van der Waals surface area contributed by atoms with Crippen LogP contribution in [0.4, 0.5) is 4.39 Å². The summed E-state index contributed by atoms with van der Waals surface area (Å²) in [6, 6.07) is 9.26. The van der Waals surface area contributed by atoms with Crippen molar-refractivity contribution in [1.29, 1.82) is 0 Å². The van der Waals surface area contributed by atoms with Gasteiger partial charge in [-0.05, 0) is 62.2 Å². The molecule has 1 unspecified atom stereocenters. The number of hydrogen-bond donors (Lipinski definition) is 1. The molecule has 0 radical (unpaired) electrons. The van der Waals surface area contributed by atoms with Crippen LogP contribution in [-0.4, -0.2) is 14.2 Å². The summed E-state index contributed by atoms with van der Waals surface area (Å²) in [5.41, 5.74) is 4.78. The Hall–Kier alpha value is -1.87. The van der Waals surface area contributed by atoms with Gasteiger partial charge in [-0.25, -0.2) is 4.39 Å². The number of halogens is 1. The molecule has 0 aromatic heterocycles. The van der Waals surface area contributed by atoms with E-state index in [9.17, 15) is 4.39 Å². The first-order chi connectivity index (χ1) is 9.97. The Labute approximate surface area is 126 Å². The Balaban J connectivity index is 2.53. The second kappa shape index (κ2) is 6.27. The molecule has 1 N–H and O–H groups in total. The molecule has 0 fully saturated rings. The molecule has 0 aliphatic carbocycles. The van der Waals surface area contributed by atoms with Crippen molar-refractivity contribution in [1.82, 2.24) is 5.32 Å². The highest BCUT2D eigenvalue weighted by molar-refractivity contribution is 5.46. The average Bonchev–Trinajstić information content (AvgIpc) is 2.45. The van der Waals surface area contributed by atoms with Crippen LogP contribution in [0.2, 0.25) is 0 Å². The summed E-state index contributed by atoms with van der Waals surface area (Å²) in [5, 5.41) is 3.22. The van der Waals surface area contributed by atoms with Gasteiger partial charge >= 0.3 is 0 Å². The predicted molar refractivity (Wildman–Crippen MR) is 84.5 cm³/mol. The van der Waals surface area contributed by atoms with Crippen molar-refractivity contribution in [2.45, 2.75) is 26.8 Å². The fraction of sp³-hybridized carbons (Fsp3) is 0.333. The third-order valence-corrected chi connectivity index (χ3v) is 3.85. The summed E-state index contributed by atoms with van der Waals surface area (Å²) < 4.78 is 19.6. The lowest BCUT2D eigenvalue weighted by molar-refractivity contribution is 0.411. The Morgan fingerprint density at radius 2 is 1.71 bits per heavy atom. The highest BCUT2D eigenvalue weighted by Gasteiger charge is 2.19. The molecule has 0 saturated heterocycles. The van der Waals surface area contributed by atoms with E-state index in [1.165, 1.54) is 0 Å². The van der Waals surface area contributed by atoms with Gasteiger partial charge in [-0.2, -0.15) is 0 Å². The lowest BCUT2D eigenvalue weighted by atomic mass is 9.92. The van der Waals surface area contributed by atoms with E-state index in [1.54, 1.807) is 13.2 Å². The normalized spacial score (nSPS) is 12.3. The number of nitrogens with one attached hydrogen (secondary N) is 1. The number of hydrogen-bond acceptors (Lipinski definition) is 2. The van der Waals surface area contributed by atoms with Crippen LogP contribution in [0.15, 0.2) is 30.3 Å². The molecule has 2 aromatic rings. The van der Waals surface area contributed by atoms with Gasteiger partial charge in [-0.3, -0.25) is 0 Å². The minimum atomic E-state index is -0.178. The fourth-order valence-corrected chi connectivity index (χ4v) is 2.69. The quantitative estimate of drug-likeness (QED) is 0.915. The van der Waals surface area contributed by atoms with Gasteiger partial charge in [-0.1, -0.05) is 18.2 Å². The van der Waals surface area contributed by atoms with Gasteiger partial charge in [-0.15, -0.1) is 0 Å². The van der Waals surface area contributed by atoms with E-state index in [0.717, 1.165) is 28.0 Å². The lowest BCUT2D eigenvalue weighted by Crippen LogP contribution is -2.20. The first-order valence-corrected chi connectivity index (χ1v) is 7.06. The number of ether oxygens (including phenoxy) is 1. The van der Waals surface area contributed by atoms with Crippen LogP contribution in [0, 0.1) is 26.6 Å². The monoisotopic (exact) mass is 287 g/mol. The number of rotatable bonds is 4. The largest absolute Gasteiger partial charge is 0.496 e. The molecule has 2 aromatic carbocycles. The van der Waals surface area contributed by atoms with Crippen LogP contribution in [0.25, 0.3) is 0 Å². The third kappa shape index (κ3) is 3.08. The number of aryl methyl sites for hydroxylation is 3. The van der Waals surface area contributed by atoms with Gasteiger partial charge in [0.2, 0.25) is 0 Å². The van der Waals surface area contributed by atoms with Gasteiger partial charge in [0.05, 0.1) is 13.2 Å². The molecule has 2 nitrogen and oxygen atoms in total. The standard InChI is InChI=1S/C18H22FNO/c1-11-6-7-14(16(19)8-11)18(20-4)15-9-13(3)17(21-5)10-12(15)2/h6-10,18,20H,1-5H3. The highest BCUT2D eigenvalue weighted by atomic mass is 19.1. The third-order valence-electron chi connectivity index (χ3n) is 3.85. The summed E-state index contributed by atoms with van der Waals surface area (Å²) in [6.07, 6.45) is 0. The second-order valence-electron chi connectivity index (χ2n) is 5.43. The zero-order chi connectivity index (χ0) is 15.6. The first kappa shape index (κ1) is 15.5. The molecule has 0 aliphatic rings. The Kier molecular flexibility index (Phi) is 4.63. The molecule has 3 heteroatoms. The van der Waals surface area contributed by atoms with Crippen molar-refractivity contribution in [3.05, 3.63) is 64.0 Å². The Morgan fingerprint density at radius 3 is 2.29 bits per heavy atom. The fourth-order valence-electron chi connectivity index (χ4n) is 2.69. The molecular weight excluding hydrogens is 265 g/mol. The minimum Gasteiger partial charge on any atom is -0.496 e. The van der Waals surface area contributed by atoms with Crippen LogP contribution in [0.1, 0.15) is 33.9 Å². The van der Waals surface area contributed by atoms with Crippen LogP contribution in [-0.2, 0) is 0 Å². The SMILES string of the molecule is CNC(c1cc(C)c(OC)cc1C)c1ccc(C)cc1F. The zero-order valence-corrected chi connectivity index (χ0v) is 13.3. The van der Waals surface area contributed by atoms with E-state index in [2.05, 4.69) is 11.4 Å². The Bertz CT molecular complexity index is 652. The number of methoxy groups -OCH3 is 1. The van der Waals surface area contributed by atoms with Crippen LogP contribution in [0.3, 0.4) is 0 Å². The zero-order valence-electron chi connectivity index (χ0n) is 13.3. The van der Waals surface area contributed by atoms with Gasteiger partial charge < -0.3 is 10.1 Å². The Morgan fingerprint density at radius 1 is 1.00 bits per heavy atom. The minimum absolute atomic E-state index is 0.171. The maximum absolute atomic E-state index is 14.3. The molecule has 21 heavy (non-hydrogen) atoms. The van der Waals surface area contributed by atoms with Crippen molar-refractivity contribution in [3.63, 3.8) is 0 Å². The van der Waals surface area contributed by atoms with Crippen LogP contribution >= 0.6 is 0 Å². The molecule has 2 rings (SSSR count). The van der Waals surface area contributed by atoms with Gasteiger partial charge in [0.15, 0.2) is 0 Å². The topological polar surface area (TPSA) is 21.3 Å². The molecule has 112 valence electrons. The summed E-state index contributed by atoms with van der Waals surface area (Å²) in [4.78, 5) is 0. The van der Waals surface area contributed by atoms with E-state index < -0.39 is 0 Å². The van der Waals surface area contributed by atoms with E-state index in [1.807, 2.05) is 46.0 Å². The predicted octanol–water partition coefficient (Wildman–Crippen LogP) is 4.07. The van der Waals surface area contributed by atoms with Crippen molar-refractivity contribution < 1.29 is 9.13 Å². The molecule has 0 heterocycles. The molecule has 0 aliphatic heterocycles. The summed E-state index contributed by atoms with van der Waals surface area (Å²) in [5.74, 6) is 0.678. The van der Waals surface area contributed by atoms with Gasteiger partial charge in [0.1, 0.15) is 11.6 Å². The molecule has 0 bridgehead atoms. The molecular formula is C18H22FNO. The van der Waals surface area contributed by atoms with E-state index in [4.69, 9.17) is 4.74 Å². The van der Waals surface area contributed by atoms with E-state index in [-0.39, 0.29) is 11.9 Å². The van der Waals surface area contributed by atoms with Crippen molar-refractivity contribution >= 4 is 0 Å². The molecule has 0 saturated carbocycles. The highest BCUT2D eigenvalue weighted by Crippen LogP contribution is 2.31. The summed E-state index contributed by atoms with van der Waals surface area (Å²) >= 11 is 0. The lowest BCUT2D eigenvalue weighted by Gasteiger charge is -2.22. The maximum Gasteiger partial charge on any atom is 0.128 e. The van der Waals surface area contributed by atoms with Crippen LogP contribution in [0.5, 0.6) is 5.75 Å². The van der Waals surface area contributed by atoms with Crippen molar-refractivity contribution in [3.8, 4) is 5.75 Å². The summed E-state index contributed by atoms with van der Waals surface area (Å²) in [7, 11) is 3.51. The molecule has 0 spiro atoms. The van der Waals surface area contributed by atoms with Crippen LogP contribution < -0.4 is 10.1 Å². The smallest absolute Gasteiger partial charge is 0.128 e. The molecule has 0 amide bonds. The van der Waals surface area contributed by atoms with E-state index in [0.29, 0.717) is 5.56 Å².